The van der Waals surface area contributed by atoms with Crippen molar-refractivity contribution in [2.75, 3.05) is 32.9 Å². The van der Waals surface area contributed by atoms with Crippen LogP contribution in [0.15, 0.2) is 60.2 Å². The molecule has 4 rings (SSSR count). The van der Waals surface area contributed by atoms with E-state index in [-0.39, 0.29) is 5.91 Å². The van der Waals surface area contributed by atoms with E-state index in [1.165, 1.54) is 11.6 Å². The van der Waals surface area contributed by atoms with Crippen molar-refractivity contribution >= 4 is 23.6 Å². The summed E-state index contributed by atoms with van der Waals surface area (Å²) in [5.74, 6) is 0.670. The molecule has 0 aromatic heterocycles. The zero-order valence-corrected chi connectivity index (χ0v) is 17.5. The highest BCUT2D eigenvalue weighted by molar-refractivity contribution is 6.30. The lowest BCUT2D eigenvalue weighted by atomic mass is 10.1. The van der Waals surface area contributed by atoms with Crippen molar-refractivity contribution in [1.29, 1.82) is 0 Å². The fourth-order valence-corrected chi connectivity index (χ4v) is 3.65. The summed E-state index contributed by atoms with van der Waals surface area (Å²) in [4.78, 5) is 14.6. The summed E-state index contributed by atoms with van der Waals surface area (Å²) in [7, 11) is 0. The van der Waals surface area contributed by atoms with Crippen LogP contribution in [0.25, 0.3) is 6.08 Å². The van der Waals surface area contributed by atoms with Gasteiger partial charge in [0.2, 0.25) is 5.91 Å². The molecule has 2 aliphatic rings. The molecule has 1 amide bonds. The summed E-state index contributed by atoms with van der Waals surface area (Å²) in [6, 6.07) is 13.9. The number of halogens is 1. The molecular weight excluding hydrogens is 400 g/mol. The lowest BCUT2D eigenvalue weighted by molar-refractivity contribution is -0.116. The molecule has 1 N–H and O–H groups in total. The molecule has 2 heterocycles. The fourth-order valence-electron chi connectivity index (χ4n) is 3.47. The smallest absolute Gasteiger partial charge is 0.244 e. The molecule has 0 atom stereocenters. The summed E-state index contributed by atoms with van der Waals surface area (Å²) < 4.78 is 11.1. The van der Waals surface area contributed by atoms with Crippen LogP contribution in [-0.4, -0.2) is 43.7 Å². The Bertz CT molecular complexity index is 947. The largest absolute Gasteiger partial charge is 0.488 e. The number of hydrogen-bond acceptors (Lipinski definition) is 4. The zero-order chi connectivity index (χ0) is 20.8. The molecule has 2 aromatic rings. The number of carbonyl (C=O) groups is 1. The molecule has 6 heteroatoms. The second-order valence-corrected chi connectivity index (χ2v) is 7.88. The van der Waals surface area contributed by atoms with Crippen molar-refractivity contribution in [1.82, 2.24) is 10.2 Å². The fraction of sp³-hybridized carbons (Fsp3) is 0.292. The van der Waals surface area contributed by atoms with E-state index in [9.17, 15) is 4.79 Å². The van der Waals surface area contributed by atoms with Gasteiger partial charge in [-0.25, -0.2) is 0 Å². The molecule has 2 aromatic carbocycles. The van der Waals surface area contributed by atoms with E-state index in [0.29, 0.717) is 18.2 Å². The predicted molar refractivity (Wildman–Crippen MR) is 118 cm³/mol. The average molecular weight is 425 g/mol. The van der Waals surface area contributed by atoms with E-state index in [1.807, 2.05) is 18.2 Å². The topological polar surface area (TPSA) is 50.8 Å². The third-order valence-electron chi connectivity index (χ3n) is 5.16. The van der Waals surface area contributed by atoms with Crippen LogP contribution in [0.1, 0.15) is 16.7 Å². The Morgan fingerprint density at radius 2 is 1.87 bits per heavy atom. The molecule has 0 radical (unpaired) electrons. The van der Waals surface area contributed by atoms with Crippen molar-refractivity contribution in [3.05, 3.63) is 81.9 Å². The molecule has 156 valence electrons. The van der Waals surface area contributed by atoms with Gasteiger partial charge in [-0.2, -0.15) is 0 Å². The normalized spacial score (nSPS) is 16.6. The van der Waals surface area contributed by atoms with Gasteiger partial charge in [-0.3, -0.25) is 9.69 Å². The number of amides is 1. The van der Waals surface area contributed by atoms with Gasteiger partial charge >= 0.3 is 0 Å². The quantitative estimate of drug-likeness (QED) is 0.716. The van der Waals surface area contributed by atoms with Crippen LogP contribution >= 0.6 is 11.6 Å². The number of morpholine rings is 1. The first kappa shape index (κ1) is 20.7. The maximum Gasteiger partial charge on any atom is 0.244 e. The number of nitrogens with zero attached hydrogens (tertiary/aromatic N) is 1. The van der Waals surface area contributed by atoms with E-state index < -0.39 is 0 Å². The van der Waals surface area contributed by atoms with Crippen molar-refractivity contribution < 1.29 is 14.3 Å². The summed E-state index contributed by atoms with van der Waals surface area (Å²) in [6.45, 7) is 5.43. The lowest BCUT2D eigenvalue weighted by Gasteiger charge is -2.26. The standard InChI is InChI=1S/C24H25ClN2O3/c25-22-6-7-23-21(14-22)13-20(17-30-23)5-8-24(28)26-15-18-1-3-19(4-2-18)16-27-9-11-29-12-10-27/h1-8,13-14H,9-12,15-17H2,(H,26,28)/b8-5+. The van der Waals surface area contributed by atoms with E-state index in [1.54, 1.807) is 12.1 Å². The SMILES string of the molecule is O=C(/C=C/C1=Cc2cc(Cl)ccc2OC1)NCc1ccc(CN2CCOCC2)cc1. The number of hydrogen-bond donors (Lipinski definition) is 1. The molecule has 0 unspecified atom stereocenters. The van der Waals surface area contributed by atoms with Gasteiger partial charge in [0.25, 0.3) is 0 Å². The number of fused-ring (bicyclic) bond motifs is 1. The number of rotatable bonds is 6. The minimum atomic E-state index is -0.134. The Hall–Kier alpha value is -2.60. The van der Waals surface area contributed by atoms with E-state index in [2.05, 4.69) is 34.5 Å². The van der Waals surface area contributed by atoms with Crippen LogP contribution < -0.4 is 10.1 Å². The number of carbonyl (C=O) groups excluding carboxylic acids is 1. The molecule has 5 nitrogen and oxygen atoms in total. The second-order valence-electron chi connectivity index (χ2n) is 7.45. The average Bonchev–Trinajstić information content (AvgIpc) is 2.77. The summed E-state index contributed by atoms with van der Waals surface area (Å²) >= 11 is 6.04. The predicted octanol–water partition coefficient (Wildman–Crippen LogP) is 3.82. The van der Waals surface area contributed by atoms with Gasteiger partial charge in [-0.1, -0.05) is 41.9 Å². The molecule has 30 heavy (non-hydrogen) atoms. The first-order valence-electron chi connectivity index (χ1n) is 10.1. The second kappa shape index (κ2) is 9.94. The van der Waals surface area contributed by atoms with E-state index in [0.717, 1.165) is 55.3 Å². The number of ether oxygens (including phenoxy) is 2. The van der Waals surface area contributed by atoms with Crippen molar-refractivity contribution in [3.63, 3.8) is 0 Å². The summed E-state index contributed by atoms with van der Waals surface area (Å²) in [5, 5.41) is 3.59. The first-order chi connectivity index (χ1) is 14.7. The van der Waals surface area contributed by atoms with Crippen LogP contribution in [0, 0.1) is 0 Å². The van der Waals surface area contributed by atoms with Gasteiger partial charge in [0.15, 0.2) is 0 Å². The van der Waals surface area contributed by atoms with Crippen molar-refractivity contribution in [2.24, 2.45) is 0 Å². The monoisotopic (exact) mass is 424 g/mol. The minimum Gasteiger partial charge on any atom is -0.488 e. The van der Waals surface area contributed by atoms with Gasteiger partial charge in [0.1, 0.15) is 12.4 Å². The maximum absolute atomic E-state index is 12.2. The van der Waals surface area contributed by atoms with Crippen molar-refractivity contribution in [3.8, 4) is 5.75 Å². The highest BCUT2D eigenvalue weighted by Crippen LogP contribution is 2.29. The van der Waals surface area contributed by atoms with Gasteiger partial charge in [-0.05, 0) is 41.0 Å². The maximum atomic E-state index is 12.2. The van der Waals surface area contributed by atoms with Gasteiger partial charge in [0, 0.05) is 42.8 Å². The van der Waals surface area contributed by atoms with Crippen LogP contribution in [0.4, 0.5) is 0 Å². The molecule has 0 aliphatic carbocycles. The molecule has 0 saturated carbocycles. The van der Waals surface area contributed by atoms with Crippen LogP contribution in [0.3, 0.4) is 0 Å². The van der Waals surface area contributed by atoms with Crippen LogP contribution in [0.5, 0.6) is 5.75 Å². The van der Waals surface area contributed by atoms with Gasteiger partial charge < -0.3 is 14.8 Å². The Kier molecular flexibility index (Phi) is 6.84. The van der Waals surface area contributed by atoms with Crippen molar-refractivity contribution in [2.45, 2.75) is 13.1 Å². The molecule has 0 spiro atoms. The first-order valence-corrected chi connectivity index (χ1v) is 10.5. The number of benzene rings is 2. The molecule has 1 fully saturated rings. The molecule has 2 aliphatic heterocycles. The van der Waals surface area contributed by atoms with Gasteiger partial charge in [-0.15, -0.1) is 0 Å². The Morgan fingerprint density at radius 3 is 2.67 bits per heavy atom. The Balaban J connectivity index is 1.26. The third-order valence-corrected chi connectivity index (χ3v) is 5.39. The Labute approximate surface area is 181 Å². The lowest BCUT2D eigenvalue weighted by Crippen LogP contribution is -2.35. The third kappa shape index (κ3) is 5.72. The summed E-state index contributed by atoms with van der Waals surface area (Å²) in [6.07, 6.45) is 5.31. The zero-order valence-electron chi connectivity index (χ0n) is 16.8. The molecule has 1 saturated heterocycles. The van der Waals surface area contributed by atoms with Gasteiger partial charge in [0.05, 0.1) is 13.2 Å². The van der Waals surface area contributed by atoms with Crippen LogP contribution in [-0.2, 0) is 22.6 Å². The minimum absolute atomic E-state index is 0.134. The highest BCUT2D eigenvalue weighted by atomic mass is 35.5. The summed E-state index contributed by atoms with van der Waals surface area (Å²) in [5.41, 5.74) is 4.20. The highest BCUT2D eigenvalue weighted by Gasteiger charge is 2.11. The number of nitrogens with one attached hydrogen (secondary N) is 1. The molecular formula is C24H25ClN2O3. The van der Waals surface area contributed by atoms with E-state index >= 15 is 0 Å². The van der Waals surface area contributed by atoms with E-state index in [4.69, 9.17) is 21.1 Å². The van der Waals surface area contributed by atoms with Crippen LogP contribution in [0.2, 0.25) is 5.02 Å². The molecule has 0 bridgehead atoms. The Morgan fingerprint density at radius 1 is 1.10 bits per heavy atom.